The molecule has 3 rings (SSSR count). The van der Waals surface area contributed by atoms with Crippen molar-refractivity contribution < 1.29 is 0 Å². The molecular weight excluding hydrogens is 292 g/mol. The molecule has 5 heteroatoms. The Kier molecular flexibility index (Phi) is 5.28. The van der Waals surface area contributed by atoms with Crippen LogP contribution in [0.5, 0.6) is 0 Å². The predicted molar refractivity (Wildman–Crippen MR) is 92.2 cm³/mol. The summed E-state index contributed by atoms with van der Waals surface area (Å²) in [6.45, 7) is 11.4. The first-order valence-electron chi connectivity index (χ1n) is 8.25. The summed E-state index contributed by atoms with van der Waals surface area (Å²) in [6.07, 6.45) is 5.04. The van der Waals surface area contributed by atoms with Gasteiger partial charge >= 0.3 is 0 Å². The largest absolute Gasteiger partial charge is 0.333 e. The minimum absolute atomic E-state index is 0.573. The average Bonchev–Trinajstić information content (AvgIpc) is 3.19. The first-order chi connectivity index (χ1) is 10.8. The summed E-state index contributed by atoms with van der Waals surface area (Å²) in [5.74, 6) is 1.20. The summed E-state index contributed by atoms with van der Waals surface area (Å²) in [4.78, 5) is 11.1. The molecule has 4 nitrogen and oxygen atoms in total. The quantitative estimate of drug-likeness (QED) is 0.818. The third-order valence-corrected chi connectivity index (χ3v) is 5.43. The van der Waals surface area contributed by atoms with E-state index in [1.807, 2.05) is 17.5 Å². The van der Waals surface area contributed by atoms with Crippen LogP contribution in [0.2, 0.25) is 0 Å². The van der Waals surface area contributed by atoms with Crippen molar-refractivity contribution in [1.29, 1.82) is 0 Å². The Labute approximate surface area is 137 Å². The van der Waals surface area contributed by atoms with Gasteiger partial charge in [0.2, 0.25) is 0 Å². The van der Waals surface area contributed by atoms with Crippen molar-refractivity contribution in [3.8, 4) is 0 Å². The highest BCUT2D eigenvalue weighted by molar-refractivity contribution is 7.09. The molecule has 0 N–H and O–H groups in total. The number of nitrogens with zero attached hydrogens (tertiary/aromatic N) is 4. The van der Waals surface area contributed by atoms with Crippen molar-refractivity contribution in [3.05, 3.63) is 40.6 Å². The zero-order valence-corrected chi connectivity index (χ0v) is 14.4. The number of aryl methyl sites for hydroxylation is 1. The molecule has 1 aliphatic heterocycles. The molecular formula is C17H26N4S. The van der Waals surface area contributed by atoms with Gasteiger partial charge in [0.25, 0.3) is 0 Å². The second kappa shape index (κ2) is 7.40. The molecule has 1 aliphatic rings. The second-order valence-corrected chi connectivity index (χ2v) is 7.12. The van der Waals surface area contributed by atoms with Gasteiger partial charge < -0.3 is 4.57 Å². The van der Waals surface area contributed by atoms with Crippen LogP contribution in [0.3, 0.4) is 0 Å². The van der Waals surface area contributed by atoms with Gasteiger partial charge in [0, 0.05) is 69.0 Å². The first-order valence-corrected chi connectivity index (χ1v) is 9.13. The molecule has 1 saturated heterocycles. The van der Waals surface area contributed by atoms with Gasteiger partial charge in [-0.1, -0.05) is 13.0 Å². The standard InChI is InChI=1S/C17H26N4S/c1-3-17-18-6-7-21(17)13-15(2)20-10-8-19(9-11-20)14-16-5-4-12-22-16/h4-7,12,15H,3,8-11,13-14H2,1-2H3/t15-/m0/s1. The Balaban J connectivity index is 1.48. The molecule has 0 unspecified atom stereocenters. The fourth-order valence-corrected chi connectivity index (χ4v) is 3.95. The van der Waals surface area contributed by atoms with Crippen LogP contribution in [0.1, 0.15) is 24.5 Å². The fraction of sp³-hybridized carbons (Fsp3) is 0.588. The smallest absolute Gasteiger partial charge is 0.108 e. The number of hydrogen-bond acceptors (Lipinski definition) is 4. The van der Waals surface area contributed by atoms with Gasteiger partial charge in [-0.05, 0) is 18.4 Å². The summed E-state index contributed by atoms with van der Waals surface area (Å²) in [5.41, 5.74) is 0. The molecule has 0 spiro atoms. The molecule has 0 aliphatic carbocycles. The molecule has 1 fully saturated rings. The van der Waals surface area contributed by atoms with Crippen LogP contribution in [0.15, 0.2) is 29.9 Å². The van der Waals surface area contributed by atoms with Crippen LogP contribution in [0.25, 0.3) is 0 Å². The zero-order chi connectivity index (χ0) is 15.4. The second-order valence-electron chi connectivity index (χ2n) is 6.09. The summed E-state index contributed by atoms with van der Waals surface area (Å²) in [5, 5.41) is 2.17. The Morgan fingerprint density at radius 1 is 1.27 bits per heavy atom. The Hall–Kier alpha value is -1.17. The van der Waals surface area contributed by atoms with Crippen molar-refractivity contribution in [2.24, 2.45) is 0 Å². The van der Waals surface area contributed by atoms with Crippen LogP contribution in [0.4, 0.5) is 0 Å². The fourth-order valence-electron chi connectivity index (χ4n) is 3.21. The SMILES string of the molecule is CCc1nccn1C[C@H](C)N1CCN(Cc2cccs2)CC1. The van der Waals surface area contributed by atoms with Gasteiger partial charge in [-0.2, -0.15) is 0 Å². The highest BCUT2D eigenvalue weighted by Crippen LogP contribution is 2.15. The highest BCUT2D eigenvalue weighted by atomic mass is 32.1. The third kappa shape index (κ3) is 3.77. The minimum Gasteiger partial charge on any atom is -0.333 e. The van der Waals surface area contributed by atoms with Crippen molar-refractivity contribution in [1.82, 2.24) is 19.4 Å². The summed E-state index contributed by atoms with van der Waals surface area (Å²) in [7, 11) is 0. The van der Waals surface area contributed by atoms with E-state index in [-0.39, 0.29) is 0 Å². The molecule has 2 aromatic rings. The molecule has 0 bridgehead atoms. The molecule has 1 atom stereocenters. The number of hydrogen-bond donors (Lipinski definition) is 0. The molecule has 0 amide bonds. The molecule has 3 heterocycles. The minimum atomic E-state index is 0.573. The number of imidazole rings is 1. The normalized spacial score (nSPS) is 18.6. The number of thiophene rings is 1. The van der Waals surface area contributed by atoms with Crippen LogP contribution < -0.4 is 0 Å². The Bertz CT molecular complexity index is 555. The van der Waals surface area contributed by atoms with Gasteiger partial charge in [0.15, 0.2) is 0 Å². The maximum Gasteiger partial charge on any atom is 0.108 e. The average molecular weight is 318 g/mol. The maximum absolute atomic E-state index is 4.42. The van der Waals surface area contributed by atoms with Gasteiger partial charge in [-0.15, -0.1) is 11.3 Å². The Morgan fingerprint density at radius 2 is 2.09 bits per heavy atom. The molecule has 22 heavy (non-hydrogen) atoms. The van der Waals surface area contributed by atoms with E-state index < -0.39 is 0 Å². The van der Waals surface area contributed by atoms with Gasteiger partial charge in [0.05, 0.1) is 0 Å². The zero-order valence-electron chi connectivity index (χ0n) is 13.6. The van der Waals surface area contributed by atoms with E-state index >= 15 is 0 Å². The lowest BCUT2D eigenvalue weighted by Crippen LogP contribution is -2.50. The van der Waals surface area contributed by atoms with Crippen LogP contribution in [-0.4, -0.2) is 51.6 Å². The summed E-state index contributed by atoms with van der Waals surface area (Å²) >= 11 is 1.86. The van der Waals surface area contributed by atoms with E-state index in [9.17, 15) is 0 Å². The highest BCUT2D eigenvalue weighted by Gasteiger charge is 2.21. The van der Waals surface area contributed by atoms with Crippen molar-refractivity contribution in [2.75, 3.05) is 26.2 Å². The molecule has 0 aromatic carbocycles. The van der Waals surface area contributed by atoms with E-state index in [4.69, 9.17) is 0 Å². The third-order valence-electron chi connectivity index (χ3n) is 4.57. The van der Waals surface area contributed by atoms with Crippen molar-refractivity contribution in [3.63, 3.8) is 0 Å². The molecule has 2 aromatic heterocycles. The lowest BCUT2D eigenvalue weighted by molar-refractivity contribution is 0.0915. The van der Waals surface area contributed by atoms with E-state index in [0.717, 1.165) is 19.5 Å². The summed E-state index contributed by atoms with van der Waals surface area (Å²) in [6, 6.07) is 4.96. The lowest BCUT2D eigenvalue weighted by atomic mass is 10.2. The molecule has 120 valence electrons. The van der Waals surface area contributed by atoms with Crippen molar-refractivity contribution in [2.45, 2.75) is 39.4 Å². The number of aromatic nitrogens is 2. The van der Waals surface area contributed by atoms with E-state index in [2.05, 4.69) is 56.9 Å². The molecule has 0 radical (unpaired) electrons. The number of rotatable bonds is 6. The summed E-state index contributed by atoms with van der Waals surface area (Å²) < 4.78 is 2.31. The predicted octanol–water partition coefficient (Wildman–Crippen LogP) is 2.71. The molecule has 0 saturated carbocycles. The van der Waals surface area contributed by atoms with Crippen LogP contribution in [0, 0.1) is 0 Å². The maximum atomic E-state index is 4.42. The van der Waals surface area contributed by atoms with Gasteiger partial charge in [-0.3, -0.25) is 9.80 Å². The first kappa shape index (κ1) is 15.7. The Morgan fingerprint density at radius 3 is 2.77 bits per heavy atom. The van der Waals surface area contributed by atoms with Crippen LogP contribution in [-0.2, 0) is 19.5 Å². The number of piperazine rings is 1. The lowest BCUT2D eigenvalue weighted by Gasteiger charge is -2.38. The van der Waals surface area contributed by atoms with Gasteiger partial charge in [-0.25, -0.2) is 4.98 Å². The van der Waals surface area contributed by atoms with E-state index in [1.54, 1.807) is 0 Å². The van der Waals surface area contributed by atoms with Crippen molar-refractivity contribution >= 4 is 11.3 Å². The van der Waals surface area contributed by atoms with E-state index in [1.165, 1.54) is 36.9 Å². The topological polar surface area (TPSA) is 24.3 Å². The van der Waals surface area contributed by atoms with Crippen LogP contribution >= 0.6 is 11.3 Å². The monoisotopic (exact) mass is 318 g/mol. The van der Waals surface area contributed by atoms with E-state index in [0.29, 0.717) is 6.04 Å². The van der Waals surface area contributed by atoms with Gasteiger partial charge in [0.1, 0.15) is 5.82 Å².